The van der Waals surface area contributed by atoms with Gasteiger partial charge in [-0.1, -0.05) is 30.8 Å². The number of halogens is 1. The summed E-state index contributed by atoms with van der Waals surface area (Å²) in [7, 11) is 0. The molecule has 1 aliphatic heterocycles. The highest BCUT2D eigenvalue weighted by Gasteiger charge is 2.40. The first-order valence-corrected chi connectivity index (χ1v) is 9.10. The first-order chi connectivity index (χ1) is 12.2. The first kappa shape index (κ1) is 20.1. The van der Waals surface area contributed by atoms with Crippen molar-refractivity contribution in [2.75, 3.05) is 6.54 Å². The quantitative estimate of drug-likeness (QED) is 0.761. The summed E-state index contributed by atoms with van der Waals surface area (Å²) in [6.07, 6.45) is 0.925. The van der Waals surface area contributed by atoms with Crippen molar-refractivity contribution < 1.29 is 28.7 Å². The summed E-state index contributed by atoms with van der Waals surface area (Å²) >= 11 is 0.707. The molecule has 2 rings (SSSR count). The average molecular weight is 381 g/mol. The van der Waals surface area contributed by atoms with Gasteiger partial charge in [0, 0.05) is 19.0 Å². The van der Waals surface area contributed by atoms with Crippen LogP contribution in [0.5, 0.6) is 0 Å². The third kappa shape index (κ3) is 4.49. The fraction of sp³-hybridized carbons (Fsp3) is 0.444. The van der Waals surface area contributed by atoms with E-state index in [2.05, 4.69) is 0 Å². The summed E-state index contributed by atoms with van der Waals surface area (Å²) < 4.78 is 13.4. The maximum Gasteiger partial charge on any atom is 0.326 e. The van der Waals surface area contributed by atoms with Crippen LogP contribution in [0.4, 0.5) is 4.39 Å². The minimum Gasteiger partial charge on any atom is -0.480 e. The number of rotatable bonds is 6. The summed E-state index contributed by atoms with van der Waals surface area (Å²) in [5.41, 5.74) is 0.0691. The number of ketones is 1. The average Bonchev–Trinajstić information content (AvgIpc) is 3.07. The van der Waals surface area contributed by atoms with Crippen LogP contribution in [-0.4, -0.2) is 50.6 Å². The molecule has 8 heteroatoms. The molecule has 0 bridgehead atoms. The van der Waals surface area contributed by atoms with E-state index in [1.54, 1.807) is 0 Å². The van der Waals surface area contributed by atoms with Gasteiger partial charge in [-0.3, -0.25) is 14.4 Å². The van der Waals surface area contributed by atoms with E-state index in [1.165, 1.54) is 36.9 Å². The van der Waals surface area contributed by atoms with Gasteiger partial charge in [-0.15, -0.1) is 0 Å². The van der Waals surface area contributed by atoms with Gasteiger partial charge in [-0.05, 0) is 25.0 Å². The van der Waals surface area contributed by atoms with Crippen molar-refractivity contribution in [1.29, 1.82) is 0 Å². The Hall–Kier alpha value is -2.22. The van der Waals surface area contributed by atoms with Crippen LogP contribution in [0.25, 0.3) is 0 Å². The molecule has 0 saturated carbocycles. The molecule has 1 heterocycles. The zero-order chi connectivity index (χ0) is 19.4. The normalized spacial score (nSPS) is 19.0. The highest BCUT2D eigenvalue weighted by molar-refractivity contribution is 8.14. The number of hydrogen-bond donors (Lipinski definition) is 1. The monoisotopic (exact) mass is 381 g/mol. The number of likely N-dealkylation sites (tertiary alicyclic amines) is 1. The number of nitrogens with zero attached hydrogens (tertiary/aromatic N) is 1. The third-order valence-electron chi connectivity index (χ3n) is 4.33. The van der Waals surface area contributed by atoms with E-state index in [1.807, 2.05) is 0 Å². The predicted molar refractivity (Wildman–Crippen MR) is 94.3 cm³/mol. The van der Waals surface area contributed by atoms with Crippen molar-refractivity contribution >= 4 is 34.5 Å². The highest BCUT2D eigenvalue weighted by Crippen LogP contribution is 2.29. The minimum absolute atomic E-state index is 0.0691. The van der Waals surface area contributed by atoms with Crippen molar-refractivity contribution in [2.24, 2.45) is 5.92 Å². The molecule has 1 aliphatic rings. The summed E-state index contributed by atoms with van der Waals surface area (Å²) in [6, 6.07) is 4.14. The van der Waals surface area contributed by atoms with Gasteiger partial charge >= 0.3 is 5.97 Å². The standard InChI is InChI=1S/C18H20FNO5S/c1-10(17(23)20-8-4-7-14(20)18(24)25)16(26-11(2)21)15(22)12-5-3-6-13(19)9-12/h3,5-6,9-10,14,16H,4,7-8H2,1-2H3,(H,24,25)/t10-,14-,16+/m0/s1. The Labute approximate surface area is 154 Å². The predicted octanol–water partition coefficient (Wildman–Crippen LogP) is 2.37. The lowest BCUT2D eigenvalue weighted by molar-refractivity contribution is -0.149. The number of benzene rings is 1. The molecule has 0 radical (unpaired) electrons. The number of carbonyl (C=O) groups is 4. The number of amides is 1. The Bertz CT molecular complexity index is 738. The van der Waals surface area contributed by atoms with E-state index in [0.29, 0.717) is 31.1 Å². The summed E-state index contributed by atoms with van der Waals surface area (Å²) in [4.78, 5) is 49.7. The molecule has 26 heavy (non-hydrogen) atoms. The van der Waals surface area contributed by atoms with E-state index < -0.39 is 40.7 Å². The molecule has 140 valence electrons. The molecule has 0 spiro atoms. The van der Waals surface area contributed by atoms with Crippen LogP contribution in [0.1, 0.15) is 37.0 Å². The molecule has 0 unspecified atom stereocenters. The fourth-order valence-electron chi connectivity index (χ4n) is 3.05. The van der Waals surface area contributed by atoms with Crippen LogP contribution in [-0.2, 0) is 14.4 Å². The minimum atomic E-state index is -1.09. The van der Waals surface area contributed by atoms with Gasteiger partial charge in [0.05, 0.1) is 11.2 Å². The van der Waals surface area contributed by atoms with Crippen LogP contribution in [0.2, 0.25) is 0 Å². The number of thioether (sulfide) groups is 1. The third-order valence-corrected chi connectivity index (χ3v) is 5.53. The number of carbonyl (C=O) groups excluding carboxylic acids is 3. The maximum absolute atomic E-state index is 13.4. The van der Waals surface area contributed by atoms with Crippen molar-refractivity contribution in [3.8, 4) is 0 Å². The summed E-state index contributed by atoms with van der Waals surface area (Å²) in [5.74, 6) is -3.61. The van der Waals surface area contributed by atoms with Gasteiger partial charge in [0.15, 0.2) is 10.9 Å². The Morgan fingerprint density at radius 3 is 2.58 bits per heavy atom. The molecular formula is C18H20FNO5S. The smallest absolute Gasteiger partial charge is 0.326 e. The zero-order valence-electron chi connectivity index (χ0n) is 14.5. The molecule has 3 atom stereocenters. The molecule has 1 aromatic rings. The molecule has 1 saturated heterocycles. The lowest BCUT2D eigenvalue weighted by Gasteiger charge is -2.28. The largest absolute Gasteiger partial charge is 0.480 e. The molecule has 1 amide bonds. The lowest BCUT2D eigenvalue weighted by atomic mass is 9.97. The number of Topliss-reactive ketones (excluding diaryl/α,β-unsaturated/α-hetero) is 1. The van der Waals surface area contributed by atoms with Crippen LogP contribution in [0.3, 0.4) is 0 Å². The van der Waals surface area contributed by atoms with E-state index in [-0.39, 0.29) is 10.7 Å². The van der Waals surface area contributed by atoms with Crippen molar-refractivity contribution in [1.82, 2.24) is 4.90 Å². The summed E-state index contributed by atoms with van der Waals surface area (Å²) in [5, 5.41) is 7.86. The second kappa shape index (κ2) is 8.44. The number of aliphatic carboxylic acids is 1. The van der Waals surface area contributed by atoms with E-state index >= 15 is 0 Å². The van der Waals surface area contributed by atoms with Gasteiger partial charge in [-0.25, -0.2) is 9.18 Å². The van der Waals surface area contributed by atoms with Crippen molar-refractivity contribution in [3.05, 3.63) is 35.6 Å². The van der Waals surface area contributed by atoms with Crippen LogP contribution < -0.4 is 0 Å². The molecule has 1 N–H and O–H groups in total. The van der Waals surface area contributed by atoms with Crippen molar-refractivity contribution in [3.63, 3.8) is 0 Å². The Morgan fingerprint density at radius 1 is 1.31 bits per heavy atom. The van der Waals surface area contributed by atoms with Crippen LogP contribution >= 0.6 is 11.8 Å². The fourth-order valence-corrected chi connectivity index (χ4v) is 3.97. The maximum atomic E-state index is 13.4. The Kier molecular flexibility index (Phi) is 6.52. The number of carboxylic acids is 1. The van der Waals surface area contributed by atoms with Gasteiger partial charge in [0.2, 0.25) is 5.91 Å². The Balaban J connectivity index is 2.27. The molecule has 6 nitrogen and oxygen atoms in total. The van der Waals surface area contributed by atoms with Crippen LogP contribution in [0.15, 0.2) is 24.3 Å². The molecule has 1 aromatic carbocycles. The van der Waals surface area contributed by atoms with Crippen molar-refractivity contribution in [2.45, 2.75) is 38.0 Å². The molecule has 0 aliphatic carbocycles. The summed E-state index contributed by atoms with van der Waals surface area (Å²) in [6.45, 7) is 3.08. The lowest BCUT2D eigenvalue weighted by Crippen LogP contribution is -2.46. The van der Waals surface area contributed by atoms with Gasteiger partial charge in [0.1, 0.15) is 11.9 Å². The molecule has 1 fully saturated rings. The second-order valence-corrected chi connectivity index (χ2v) is 7.54. The number of hydrogen-bond acceptors (Lipinski definition) is 5. The van der Waals surface area contributed by atoms with E-state index in [0.717, 1.165) is 6.07 Å². The number of carboxylic acid groups (broad SMARTS) is 1. The van der Waals surface area contributed by atoms with E-state index in [9.17, 15) is 28.7 Å². The van der Waals surface area contributed by atoms with Crippen LogP contribution in [0, 0.1) is 11.7 Å². The van der Waals surface area contributed by atoms with Gasteiger partial charge < -0.3 is 10.0 Å². The van der Waals surface area contributed by atoms with Gasteiger partial charge in [0.25, 0.3) is 0 Å². The van der Waals surface area contributed by atoms with E-state index in [4.69, 9.17) is 0 Å². The SMILES string of the molecule is CC(=O)S[C@@H](C(=O)c1cccc(F)c1)[C@H](C)C(=O)N1CCC[C@H]1C(=O)O. The second-order valence-electron chi connectivity index (χ2n) is 6.22. The zero-order valence-corrected chi connectivity index (χ0v) is 15.3. The molecule has 0 aromatic heterocycles. The Morgan fingerprint density at radius 2 is 2.00 bits per heavy atom. The molecular weight excluding hydrogens is 361 g/mol. The van der Waals surface area contributed by atoms with Gasteiger partial charge in [-0.2, -0.15) is 0 Å². The first-order valence-electron chi connectivity index (χ1n) is 8.22. The topological polar surface area (TPSA) is 91.8 Å². The highest BCUT2D eigenvalue weighted by atomic mass is 32.2.